The first kappa shape index (κ1) is 15.3. The van der Waals surface area contributed by atoms with Crippen molar-refractivity contribution in [3.05, 3.63) is 48.9 Å². The van der Waals surface area contributed by atoms with Crippen LogP contribution in [0.4, 0.5) is 5.00 Å². The Morgan fingerprint density at radius 1 is 1.30 bits per heavy atom. The first-order valence-electron chi connectivity index (χ1n) is 5.48. The summed E-state index contributed by atoms with van der Waals surface area (Å²) in [6, 6.07) is 6.51. The molecule has 0 radical (unpaired) electrons. The molecule has 2 aromatic rings. The molecule has 0 aliphatic rings. The number of halogens is 2. The van der Waals surface area contributed by atoms with Crippen LogP contribution in [-0.2, 0) is 0 Å². The van der Waals surface area contributed by atoms with Gasteiger partial charge in [-0.3, -0.25) is 4.79 Å². The second-order valence-corrected chi connectivity index (χ2v) is 6.84. The normalized spacial score (nSPS) is 10.3. The van der Waals surface area contributed by atoms with Crippen LogP contribution >= 0.6 is 45.5 Å². The summed E-state index contributed by atoms with van der Waals surface area (Å²) >= 11 is 9.13. The Bertz CT molecular complexity index is 699. The molecule has 7 heteroatoms. The average Bonchev–Trinajstić information content (AvgIpc) is 2.73. The average molecular weight is 422 g/mol. The maximum atomic E-state index is 12.2. The SMILES string of the molecule is Cc1cc(C(=O)O)c(NC(=O)c2cc(Cl)ccc2I)s1. The molecular weight excluding hydrogens is 413 g/mol. The largest absolute Gasteiger partial charge is 0.478 e. The van der Waals surface area contributed by atoms with Crippen molar-refractivity contribution in [3.8, 4) is 0 Å². The molecule has 1 amide bonds. The number of carbonyl (C=O) groups is 2. The van der Waals surface area contributed by atoms with E-state index < -0.39 is 5.97 Å². The lowest BCUT2D eigenvalue weighted by atomic mass is 10.2. The summed E-state index contributed by atoms with van der Waals surface area (Å²) in [5.41, 5.74) is 0.512. The lowest BCUT2D eigenvalue weighted by Gasteiger charge is -2.06. The van der Waals surface area contributed by atoms with Crippen LogP contribution < -0.4 is 5.32 Å². The molecule has 0 unspecified atom stereocenters. The number of carboxylic acid groups (broad SMARTS) is 1. The van der Waals surface area contributed by atoms with E-state index in [1.165, 1.54) is 17.4 Å². The fourth-order valence-corrected chi connectivity index (χ4v) is 3.26. The van der Waals surface area contributed by atoms with Gasteiger partial charge in [0.25, 0.3) is 5.91 Å². The van der Waals surface area contributed by atoms with Crippen LogP contribution in [0.25, 0.3) is 0 Å². The molecule has 1 aromatic heterocycles. The van der Waals surface area contributed by atoms with E-state index in [0.717, 1.165) is 8.45 Å². The molecule has 0 saturated carbocycles. The third-order valence-corrected chi connectivity index (χ3v) is 4.63. The molecule has 0 aliphatic heterocycles. The Morgan fingerprint density at radius 2 is 2.00 bits per heavy atom. The second-order valence-electron chi connectivity index (χ2n) is 3.98. The van der Waals surface area contributed by atoms with Gasteiger partial charge in [0.05, 0.1) is 11.1 Å². The van der Waals surface area contributed by atoms with E-state index in [0.29, 0.717) is 15.6 Å². The topological polar surface area (TPSA) is 66.4 Å². The van der Waals surface area contributed by atoms with Crippen molar-refractivity contribution < 1.29 is 14.7 Å². The quantitative estimate of drug-likeness (QED) is 0.728. The first-order valence-corrected chi connectivity index (χ1v) is 7.76. The van der Waals surface area contributed by atoms with Crippen LogP contribution in [0, 0.1) is 10.5 Å². The molecule has 0 aliphatic carbocycles. The molecule has 0 bridgehead atoms. The van der Waals surface area contributed by atoms with E-state index in [4.69, 9.17) is 16.7 Å². The summed E-state index contributed by atoms with van der Waals surface area (Å²) < 4.78 is 0.745. The number of amides is 1. The minimum absolute atomic E-state index is 0.0953. The molecule has 0 saturated heterocycles. The smallest absolute Gasteiger partial charge is 0.338 e. The third kappa shape index (κ3) is 3.31. The molecule has 0 fully saturated rings. The fourth-order valence-electron chi connectivity index (χ4n) is 1.61. The van der Waals surface area contributed by atoms with Gasteiger partial charge in [-0.2, -0.15) is 0 Å². The summed E-state index contributed by atoms with van der Waals surface area (Å²) in [4.78, 5) is 24.1. The van der Waals surface area contributed by atoms with Crippen molar-refractivity contribution in [2.24, 2.45) is 0 Å². The van der Waals surface area contributed by atoms with Gasteiger partial charge in [0.15, 0.2) is 0 Å². The van der Waals surface area contributed by atoms with E-state index >= 15 is 0 Å². The minimum atomic E-state index is -1.06. The highest BCUT2D eigenvalue weighted by Crippen LogP contribution is 2.28. The second kappa shape index (κ2) is 6.11. The predicted octanol–water partition coefficient (Wildman–Crippen LogP) is 4.27. The van der Waals surface area contributed by atoms with Crippen molar-refractivity contribution >= 4 is 62.4 Å². The van der Waals surface area contributed by atoms with Gasteiger partial charge >= 0.3 is 5.97 Å². The standard InChI is InChI=1S/C13H9ClINO3S/c1-6-4-9(13(18)19)12(20-6)16-11(17)8-5-7(14)2-3-10(8)15/h2-5H,1H3,(H,16,17)(H,18,19). The Morgan fingerprint density at radius 3 is 2.65 bits per heavy atom. The number of nitrogens with one attached hydrogen (secondary N) is 1. The van der Waals surface area contributed by atoms with Crippen LogP contribution in [0.5, 0.6) is 0 Å². The fraction of sp³-hybridized carbons (Fsp3) is 0.0769. The van der Waals surface area contributed by atoms with E-state index in [9.17, 15) is 9.59 Å². The molecular formula is C13H9ClINO3S. The van der Waals surface area contributed by atoms with Crippen molar-refractivity contribution in [1.29, 1.82) is 0 Å². The summed E-state index contributed by atoms with van der Waals surface area (Å²) in [5.74, 6) is -1.44. The number of carbonyl (C=O) groups excluding carboxylic acids is 1. The number of benzene rings is 1. The molecule has 1 heterocycles. The summed E-state index contributed by atoms with van der Waals surface area (Å²) in [6.45, 7) is 1.79. The number of hydrogen-bond donors (Lipinski definition) is 2. The molecule has 2 N–H and O–H groups in total. The molecule has 2 rings (SSSR count). The lowest BCUT2D eigenvalue weighted by molar-refractivity contribution is 0.0698. The maximum absolute atomic E-state index is 12.2. The van der Waals surface area contributed by atoms with Gasteiger partial charge in [0, 0.05) is 13.5 Å². The zero-order valence-electron chi connectivity index (χ0n) is 10.2. The van der Waals surface area contributed by atoms with Crippen molar-refractivity contribution in [2.45, 2.75) is 6.92 Å². The van der Waals surface area contributed by atoms with Gasteiger partial charge in [-0.25, -0.2) is 4.79 Å². The van der Waals surface area contributed by atoms with Gasteiger partial charge in [-0.1, -0.05) is 11.6 Å². The van der Waals surface area contributed by atoms with Crippen molar-refractivity contribution in [1.82, 2.24) is 0 Å². The maximum Gasteiger partial charge on any atom is 0.338 e. The lowest BCUT2D eigenvalue weighted by Crippen LogP contribution is -2.14. The summed E-state index contributed by atoms with van der Waals surface area (Å²) in [6.07, 6.45) is 0. The van der Waals surface area contributed by atoms with Gasteiger partial charge in [0.2, 0.25) is 0 Å². The van der Waals surface area contributed by atoms with Crippen LogP contribution in [0.1, 0.15) is 25.6 Å². The number of carboxylic acids is 1. The Balaban J connectivity index is 2.32. The zero-order valence-corrected chi connectivity index (χ0v) is 14.0. The molecule has 104 valence electrons. The molecule has 20 heavy (non-hydrogen) atoms. The summed E-state index contributed by atoms with van der Waals surface area (Å²) in [7, 11) is 0. The first-order chi connectivity index (χ1) is 9.38. The molecule has 0 atom stereocenters. The number of aromatic carboxylic acids is 1. The van der Waals surface area contributed by atoms with Crippen LogP contribution in [0.2, 0.25) is 5.02 Å². The Hall–Kier alpha value is -1.12. The van der Waals surface area contributed by atoms with Crippen LogP contribution in [0.15, 0.2) is 24.3 Å². The molecule has 4 nitrogen and oxygen atoms in total. The van der Waals surface area contributed by atoms with E-state index in [-0.39, 0.29) is 11.5 Å². The Labute approximate surface area is 137 Å². The minimum Gasteiger partial charge on any atom is -0.478 e. The van der Waals surface area contributed by atoms with Crippen molar-refractivity contribution in [2.75, 3.05) is 5.32 Å². The molecule has 1 aromatic carbocycles. The monoisotopic (exact) mass is 421 g/mol. The van der Waals surface area contributed by atoms with Crippen LogP contribution in [-0.4, -0.2) is 17.0 Å². The number of aryl methyl sites for hydroxylation is 1. The summed E-state index contributed by atoms with van der Waals surface area (Å²) in [5, 5.41) is 12.5. The molecule has 0 spiro atoms. The van der Waals surface area contributed by atoms with Crippen molar-refractivity contribution in [3.63, 3.8) is 0 Å². The highest BCUT2D eigenvalue weighted by Gasteiger charge is 2.18. The van der Waals surface area contributed by atoms with Gasteiger partial charge in [-0.05, 0) is 53.8 Å². The van der Waals surface area contributed by atoms with Gasteiger partial charge in [-0.15, -0.1) is 11.3 Å². The number of hydrogen-bond acceptors (Lipinski definition) is 3. The highest BCUT2D eigenvalue weighted by molar-refractivity contribution is 14.1. The predicted molar refractivity (Wildman–Crippen MR) is 88.1 cm³/mol. The highest BCUT2D eigenvalue weighted by atomic mass is 127. The number of rotatable bonds is 3. The van der Waals surface area contributed by atoms with E-state index in [1.807, 2.05) is 22.6 Å². The van der Waals surface area contributed by atoms with E-state index in [2.05, 4.69) is 5.32 Å². The Kier molecular flexibility index (Phi) is 4.66. The van der Waals surface area contributed by atoms with Gasteiger partial charge in [0.1, 0.15) is 5.00 Å². The third-order valence-electron chi connectivity index (χ3n) is 2.49. The number of anilines is 1. The zero-order chi connectivity index (χ0) is 14.9. The number of thiophene rings is 1. The van der Waals surface area contributed by atoms with E-state index in [1.54, 1.807) is 25.1 Å². The van der Waals surface area contributed by atoms with Crippen LogP contribution in [0.3, 0.4) is 0 Å². The van der Waals surface area contributed by atoms with Gasteiger partial charge < -0.3 is 10.4 Å².